The highest BCUT2D eigenvalue weighted by Crippen LogP contribution is 2.28. The largest absolute Gasteiger partial charge is 0.363 e. The first-order valence-electron chi connectivity index (χ1n) is 10.6. The molecule has 1 unspecified atom stereocenters. The van der Waals surface area contributed by atoms with Crippen molar-refractivity contribution in [3.8, 4) is 0 Å². The summed E-state index contributed by atoms with van der Waals surface area (Å²) in [5, 5.41) is 7.73. The van der Waals surface area contributed by atoms with Gasteiger partial charge in [0.1, 0.15) is 11.0 Å². The molecule has 0 radical (unpaired) electrons. The lowest BCUT2D eigenvalue weighted by atomic mass is 10.1. The van der Waals surface area contributed by atoms with Crippen LogP contribution in [0.15, 0.2) is 60.8 Å². The normalized spacial score (nSPS) is 11.1. The van der Waals surface area contributed by atoms with E-state index < -0.39 is 0 Å². The number of nitrogens with zero attached hydrogens (tertiary/aromatic N) is 4. The molecule has 1 atom stereocenters. The Hall–Kier alpha value is -3.13. The summed E-state index contributed by atoms with van der Waals surface area (Å²) >= 11 is 5.79. The monoisotopic (exact) mass is 532 g/mol. The van der Waals surface area contributed by atoms with E-state index in [0.717, 1.165) is 27.8 Å². The topological polar surface area (TPSA) is 83.0 Å². The first-order chi connectivity index (χ1) is 15.8. The zero-order valence-electron chi connectivity index (χ0n) is 19.7. The number of para-hydroxylation sites is 1. The maximum atomic E-state index is 12.4. The maximum Gasteiger partial charge on any atom is 0.257 e. The number of aryl methyl sites for hydroxylation is 1. The molecule has 0 fully saturated rings. The van der Waals surface area contributed by atoms with Gasteiger partial charge in [-0.05, 0) is 55.3 Å². The summed E-state index contributed by atoms with van der Waals surface area (Å²) in [7, 11) is 3.86. The maximum absolute atomic E-state index is 12.4. The zero-order valence-corrected chi connectivity index (χ0v) is 22.1. The number of anilines is 3. The van der Waals surface area contributed by atoms with Crippen molar-refractivity contribution in [2.24, 2.45) is 0 Å². The zero-order chi connectivity index (χ0) is 23.5. The Balaban J connectivity index is 0.00000216. The summed E-state index contributed by atoms with van der Waals surface area (Å²) in [6.07, 6.45) is 1.45. The number of carbonyl (C=O) groups is 1. The van der Waals surface area contributed by atoms with Crippen LogP contribution in [0.25, 0.3) is 10.9 Å². The van der Waals surface area contributed by atoms with Crippen molar-refractivity contribution in [1.82, 2.24) is 15.0 Å². The second kappa shape index (κ2) is 12.0. The number of fused-ring (bicyclic) bond motifs is 1. The fourth-order valence-electron chi connectivity index (χ4n) is 3.45. The Kier molecular flexibility index (Phi) is 9.65. The summed E-state index contributed by atoms with van der Waals surface area (Å²) in [6, 6.07) is 17.0. The van der Waals surface area contributed by atoms with Crippen LogP contribution >= 0.6 is 36.4 Å². The molecule has 0 aliphatic carbocycles. The van der Waals surface area contributed by atoms with Gasteiger partial charge in [0.15, 0.2) is 0 Å². The van der Waals surface area contributed by atoms with Gasteiger partial charge in [-0.3, -0.25) is 4.79 Å². The minimum Gasteiger partial charge on any atom is -0.363 e. The Morgan fingerprint density at radius 3 is 2.34 bits per heavy atom. The van der Waals surface area contributed by atoms with Crippen LogP contribution in [0.5, 0.6) is 0 Å². The van der Waals surface area contributed by atoms with Gasteiger partial charge in [-0.25, -0.2) is 9.97 Å². The van der Waals surface area contributed by atoms with Crippen LogP contribution in [-0.4, -0.2) is 35.0 Å². The number of rotatable bonds is 6. The SMILES string of the molecule is Cc1cccc2c(NC(C)c3ccc(NC(=O)c4ccc(Cl)nc4)cc3)nc(N(C)C)nc12.Cl.Cl. The molecule has 0 aliphatic heterocycles. The number of hydrogen-bond donors (Lipinski definition) is 2. The standard InChI is InChI=1S/C25H25ClN6O.2ClH/c1-15-6-5-7-20-22(15)30-25(32(3)4)31-23(20)28-16(2)17-8-11-19(12-9-17)29-24(33)18-10-13-21(26)27-14-18;;/h5-14,16H,1-4H3,(H,29,33)(H,28,30,31);2*1H. The number of amides is 1. The van der Waals surface area contributed by atoms with E-state index >= 15 is 0 Å². The van der Waals surface area contributed by atoms with E-state index in [1.54, 1.807) is 12.1 Å². The smallest absolute Gasteiger partial charge is 0.257 e. The van der Waals surface area contributed by atoms with E-state index in [1.807, 2.05) is 55.4 Å². The number of benzene rings is 2. The average Bonchev–Trinajstić information content (AvgIpc) is 2.80. The van der Waals surface area contributed by atoms with Gasteiger partial charge < -0.3 is 15.5 Å². The lowest BCUT2D eigenvalue weighted by Crippen LogP contribution is -2.16. The molecule has 0 saturated carbocycles. The molecule has 0 saturated heterocycles. The summed E-state index contributed by atoms with van der Waals surface area (Å²) < 4.78 is 0. The second-order valence-electron chi connectivity index (χ2n) is 8.05. The third kappa shape index (κ3) is 6.51. The van der Waals surface area contributed by atoms with Gasteiger partial charge in [0.25, 0.3) is 5.91 Å². The van der Waals surface area contributed by atoms with Crippen molar-refractivity contribution in [2.45, 2.75) is 19.9 Å². The molecule has 0 bridgehead atoms. The first-order valence-corrected chi connectivity index (χ1v) is 10.9. The van der Waals surface area contributed by atoms with Crippen molar-refractivity contribution in [3.05, 3.63) is 82.6 Å². The van der Waals surface area contributed by atoms with Gasteiger partial charge in [-0.1, -0.05) is 35.9 Å². The van der Waals surface area contributed by atoms with Gasteiger partial charge >= 0.3 is 0 Å². The van der Waals surface area contributed by atoms with Gasteiger partial charge in [-0.2, -0.15) is 4.98 Å². The number of pyridine rings is 1. The molecule has 0 spiro atoms. The predicted molar refractivity (Wildman–Crippen MR) is 149 cm³/mol. The Bertz CT molecular complexity index is 1300. The molecule has 0 aliphatic rings. The first kappa shape index (κ1) is 28.1. The molecule has 10 heteroatoms. The lowest BCUT2D eigenvalue weighted by Gasteiger charge is -2.19. The van der Waals surface area contributed by atoms with Crippen LogP contribution in [0.2, 0.25) is 5.15 Å². The van der Waals surface area contributed by atoms with Crippen LogP contribution < -0.4 is 15.5 Å². The van der Waals surface area contributed by atoms with E-state index in [1.165, 1.54) is 6.20 Å². The summed E-state index contributed by atoms with van der Waals surface area (Å²) in [4.78, 5) is 27.7. The average molecular weight is 534 g/mol. The van der Waals surface area contributed by atoms with Crippen LogP contribution in [0.3, 0.4) is 0 Å². The quantitative estimate of drug-likeness (QED) is 0.282. The summed E-state index contributed by atoms with van der Waals surface area (Å²) in [5.74, 6) is 1.20. The molecule has 35 heavy (non-hydrogen) atoms. The van der Waals surface area contributed by atoms with Crippen LogP contribution in [0.4, 0.5) is 17.5 Å². The van der Waals surface area contributed by atoms with Crippen molar-refractivity contribution in [1.29, 1.82) is 0 Å². The third-order valence-electron chi connectivity index (χ3n) is 5.33. The molecular formula is C25H27Cl3N6O. The lowest BCUT2D eigenvalue weighted by molar-refractivity contribution is 0.102. The van der Waals surface area contributed by atoms with E-state index in [0.29, 0.717) is 22.4 Å². The summed E-state index contributed by atoms with van der Waals surface area (Å²) in [6.45, 7) is 4.13. The minimum atomic E-state index is -0.239. The molecule has 7 nitrogen and oxygen atoms in total. The highest BCUT2D eigenvalue weighted by molar-refractivity contribution is 6.29. The van der Waals surface area contributed by atoms with Crippen LogP contribution in [-0.2, 0) is 0 Å². The number of aromatic nitrogens is 3. The molecule has 4 rings (SSSR count). The molecule has 1 amide bonds. The predicted octanol–water partition coefficient (Wildman–Crippen LogP) is 6.32. The molecule has 2 N–H and O–H groups in total. The number of hydrogen-bond acceptors (Lipinski definition) is 6. The highest BCUT2D eigenvalue weighted by Gasteiger charge is 2.14. The highest BCUT2D eigenvalue weighted by atomic mass is 35.5. The van der Waals surface area contributed by atoms with Crippen molar-refractivity contribution in [2.75, 3.05) is 29.6 Å². The Morgan fingerprint density at radius 2 is 1.71 bits per heavy atom. The van der Waals surface area contributed by atoms with Gasteiger partial charge in [0.2, 0.25) is 5.95 Å². The van der Waals surface area contributed by atoms with Crippen molar-refractivity contribution in [3.63, 3.8) is 0 Å². The van der Waals surface area contributed by atoms with E-state index in [9.17, 15) is 4.79 Å². The number of halogens is 3. The fraction of sp³-hybridized carbons (Fsp3) is 0.200. The van der Waals surface area contributed by atoms with E-state index in [-0.39, 0.29) is 36.8 Å². The van der Waals surface area contributed by atoms with E-state index in [4.69, 9.17) is 21.6 Å². The van der Waals surface area contributed by atoms with Gasteiger partial charge in [-0.15, -0.1) is 24.8 Å². The molecule has 184 valence electrons. The fourth-order valence-corrected chi connectivity index (χ4v) is 3.56. The Labute approximate surface area is 222 Å². The van der Waals surface area contributed by atoms with Crippen LogP contribution in [0, 0.1) is 6.92 Å². The number of nitrogens with one attached hydrogen (secondary N) is 2. The van der Waals surface area contributed by atoms with Crippen LogP contribution in [0.1, 0.15) is 34.5 Å². The van der Waals surface area contributed by atoms with Crippen molar-refractivity contribution < 1.29 is 4.79 Å². The Morgan fingerprint density at radius 1 is 1.00 bits per heavy atom. The van der Waals surface area contributed by atoms with Gasteiger partial charge in [0, 0.05) is 37.4 Å². The molecular weight excluding hydrogens is 507 g/mol. The van der Waals surface area contributed by atoms with E-state index in [2.05, 4.69) is 35.5 Å². The van der Waals surface area contributed by atoms with Crippen molar-refractivity contribution >= 4 is 70.7 Å². The molecule has 2 heterocycles. The molecule has 2 aromatic heterocycles. The summed E-state index contributed by atoms with van der Waals surface area (Å²) in [5.41, 5.74) is 4.24. The second-order valence-corrected chi connectivity index (χ2v) is 8.44. The molecule has 2 aromatic carbocycles. The minimum absolute atomic E-state index is 0. The van der Waals surface area contributed by atoms with Gasteiger partial charge in [0.05, 0.1) is 11.1 Å². The molecule has 4 aromatic rings. The number of carbonyl (C=O) groups excluding carboxylic acids is 1. The third-order valence-corrected chi connectivity index (χ3v) is 5.55.